The molecule has 0 saturated heterocycles. The zero-order valence-electron chi connectivity index (χ0n) is 14.1. The summed E-state index contributed by atoms with van der Waals surface area (Å²) in [4.78, 5) is 24.5. The van der Waals surface area contributed by atoms with Gasteiger partial charge in [0.2, 0.25) is 0 Å². The molecule has 1 aromatic heterocycles. The van der Waals surface area contributed by atoms with Crippen LogP contribution in [-0.4, -0.2) is 23.6 Å². The number of esters is 1. The molecule has 0 aliphatic carbocycles. The van der Waals surface area contributed by atoms with Crippen LogP contribution in [0.5, 0.6) is 0 Å². The highest BCUT2D eigenvalue weighted by molar-refractivity contribution is 6.34. The smallest absolute Gasteiger partial charge is 0.337 e. The summed E-state index contributed by atoms with van der Waals surface area (Å²) in [6.45, 7) is 1.91. The normalized spacial score (nSPS) is 10.7. The van der Waals surface area contributed by atoms with Gasteiger partial charge in [-0.15, -0.1) is 0 Å². The molecule has 0 spiro atoms. The van der Waals surface area contributed by atoms with Gasteiger partial charge in [-0.1, -0.05) is 29.8 Å². The van der Waals surface area contributed by atoms with Crippen LogP contribution >= 0.6 is 11.6 Å². The van der Waals surface area contributed by atoms with Gasteiger partial charge >= 0.3 is 5.97 Å². The zero-order chi connectivity index (χ0) is 18.1. The van der Waals surface area contributed by atoms with Crippen molar-refractivity contribution in [2.75, 3.05) is 12.4 Å². The molecule has 5 nitrogen and oxygen atoms in total. The van der Waals surface area contributed by atoms with Gasteiger partial charge in [0.1, 0.15) is 5.69 Å². The lowest BCUT2D eigenvalue weighted by molar-refractivity contribution is 0.0600. The minimum atomic E-state index is -0.493. The summed E-state index contributed by atoms with van der Waals surface area (Å²) in [6.07, 6.45) is 0. The minimum Gasteiger partial charge on any atom is -0.465 e. The van der Waals surface area contributed by atoms with Gasteiger partial charge in [0.15, 0.2) is 0 Å². The number of hydrogen-bond acceptors (Lipinski definition) is 3. The molecule has 128 valence electrons. The number of nitrogens with zero attached hydrogens (tertiary/aromatic N) is 1. The number of anilines is 1. The Morgan fingerprint density at radius 2 is 1.88 bits per heavy atom. The van der Waals surface area contributed by atoms with Crippen molar-refractivity contribution < 1.29 is 14.3 Å². The number of aromatic nitrogens is 1. The molecule has 1 amide bonds. The fourth-order valence-electron chi connectivity index (χ4n) is 2.95. The number of halogens is 1. The summed E-state index contributed by atoms with van der Waals surface area (Å²) in [6, 6.07) is 12.4. The summed E-state index contributed by atoms with van der Waals surface area (Å²) in [5, 5.41) is 4.15. The second-order valence-corrected chi connectivity index (χ2v) is 6.10. The van der Waals surface area contributed by atoms with Crippen LogP contribution in [0.4, 0.5) is 5.69 Å². The molecule has 0 fully saturated rings. The Kier molecular flexibility index (Phi) is 4.51. The number of amides is 1. The molecule has 0 unspecified atom stereocenters. The van der Waals surface area contributed by atoms with Crippen LogP contribution in [0.1, 0.15) is 26.4 Å². The van der Waals surface area contributed by atoms with Crippen LogP contribution in [0.25, 0.3) is 10.9 Å². The summed E-state index contributed by atoms with van der Waals surface area (Å²) in [7, 11) is 3.14. The van der Waals surface area contributed by atoms with Crippen LogP contribution in [0.15, 0.2) is 42.5 Å². The number of rotatable bonds is 3. The number of hydrogen-bond donors (Lipinski definition) is 1. The molecule has 1 heterocycles. The van der Waals surface area contributed by atoms with Gasteiger partial charge in [0.05, 0.1) is 23.4 Å². The molecule has 3 rings (SSSR count). The summed E-state index contributed by atoms with van der Waals surface area (Å²) >= 11 is 6.16. The number of nitrogens with one attached hydrogen (secondary N) is 1. The van der Waals surface area contributed by atoms with E-state index in [1.807, 2.05) is 42.8 Å². The third-order valence-corrected chi connectivity index (χ3v) is 4.54. The third kappa shape index (κ3) is 2.98. The van der Waals surface area contributed by atoms with Crippen molar-refractivity contribution in [2.24, 2.45) is 7.05 Å². The SMILES string of the molecule is COC(=O)c1ccc(Cl)c(NC(=O)c2c(C)c3ccccc3n2C)c1. The van der Waals surface area contributed by atoms with Crippen molar-refractivity contribution in [1.29, 1.82) is 0 Å². The molecule has 0 aliphatic heterocycles. The first-order chi connectivity index (χ1) is 11.9. The Morgan fingerprint density at radius 3 is 2.56 bits per heavy atom. The van der Waals surface area contributed by atoms with Crippen LogP contribution in [0.2, 0.25) is 5.02 Å². The van der Waals surface area contributed by atoms with Gasteiger partial charge in [-0.3, -0.25) is 4.79 Å². The van der Waals surface area contributed by atoms with E-state index in [4.69, 9.17) is 16.3 Å². The fraction of sp³-hybridized carbons (Fsp3) is 0.158. The molecule has 3 aromatic rings. The first-order valence-electron chi connectivity index (χ1n) is 7.67. The van der Waals surface area contributed by atoms with Crippen LogP contribution in [0.3, 0.4) is 0 Å². The molecule has 0 saturated carbocycles. The molecule has 25 heavy (non-hydrogen) atoms. The largest absolute Gasteiger partial charge is 0.465 e. The lowest BCUT2D eigenvalue weighted by Crippen LogP contribution is -2.17. The third-order valence-electron chi connectivity index (χ3n) is 4.21. The van der Waals surface area contributed by atoms with E-state index in [-0.39, 0.29) is 5.91 Å². The van der Waals surface area contributed by atoms with E-state index in [0.29, 0.717) is 22.0 Å². The second-order valence-electron chi connectivity index (χ2n) is 5.69. The predicted molar refractivity (Wildman–Crippen MR) is 98.4 cm³/mol. The molecule has 0 atom stereocenters. The Hall–Kier alpha value is -2.79. The van der Waals surface area contributed by atoms with Gasteiger partial charge in [0, 0.05) is 18.0 Å². The molecule has 0 radical (unpaired) electrons. The van der Waals surface area contributed by atoms with Gasteiger partial charge < -0.3 is 14.6 Å². The second kappa shape index (κ2) is 6.61. The minimum absolute atomic E-state index is 0.292. The van der Waals surface area contributed by atoms with Crippen molar-refractivity contribution >= 4 is 40.1 Å². The molecule has 6 heteroatoms. The Labute approximate surface area is 150 Å². The number of carbonyl (C=O) groups excluding carboxylic acids is 2. The topological polar surface area (TPSA) is 60.3 Å². The highest BCUT2D eigenvalue weighted by Crippen LogP contribution is 2.27. The average molecular weight is 357 g/mol. The van der Waals surface area contributed by atoms with E-state index in [1.165, 1.54) is 13.2 Å². The van der Waals surface area contributed by atoms with Gasteiger partial charge in [0.25, 0.3) is 5.91 Å². The Bertz CT molecular complexity index is 953. The number of benzene rings is 2. The first-order valence-corrected chi connectivity index (χ1v) is 8.05. The highest BCUT2D eigenvalue weighted by Gasteiger charge is 2.19. The van der Waals surface area contributed by atoms with E-state index in [1.54, 1.807) is 12.1 Å². The molecular formula is C19H17ClN2O3. The fourth-order valence-corrected chi connectivity index (χ4v) is 3.12. The van der Waals surface area contributed by atoms with E-state index in [0.717, 1.165) is 16.5 Å². The quantitative estimate of drug-likeness (QED) is 0.716. The van der Waals surface area contributed by atoms with Crippen molar-refractivity contribution in [2.45, 2.75) is 6.92 Å². The Morgan fingerprint density at radius 1 is 1.16 bits per heavy atom. The van der Waals surface area contributed by atoms with E-state index >= 15 is 0 Å². The molecular weight excluding hydrogens is 340 g/mol. The van der Waals surface area contributed by atoms with Crippen LogP contribution in [-0.2, 0) is 11.8 Å². The van der Waals surface area contributed by atoms with Crippen LogP contribution < -0.4 is 5.32 Å². The zero-order valence-corrected chi connectivity index (χ0v) is 14.8. The van der Waals surface area contributed by atoms with Gasteiger partial charge in [-0.25, -0.2) is 4.79 Å². The van der Waals surface area contributed by atoms with E-state index in [9.17, 15) is 9.59 Å². The number of ether oxygens (including phenoxy) is 1. The number of methoxy groups -OCH3 is 1. The predicted octanol–water partition coefficient (Wildman–Crippen LogP) is 4.18. The number of carbonyl (C=O) groups is 2. The number of fused-ring (bicyclic) bond motifs is 1. The number of aryl methyl sites for hydroxylation is 2. The molecule has 0 bridgehead atoms. The van der Waals surface area contributed by atoms with Crippen LogP contribution in [0, 0.1) is 6.92 Å². The van der Waals surface area contributed by atoms with E-state index < -0.39 is 5.97 Å². The molecule has 0 aliphatic rings. The van der Waals surface area contributed by atoms with Crippen molar-refractivity contribution in [3.8, 4) is 0 Å². The van der Waals surface area contributed by atoms with Gasteiger partial charge in [-0.2, -0.15) is 0 Å². The highest BCUT2D eigenvalue weighted by atomic mass is 35.5. The number of para-hydroxylation sites is 1. The lowest BCUT2D eigenvalue weighted by atomic mass is 10.1. The summed E-state index contributed by atoms with van der Waals surface area (Å²) < 4.78 is 6.55. The average Bonchev–Trinajstić information content (AvgIpc) is 2.87. The van der Waals surface area contributed by atoms with Crippen molar-refractivity contribution in [1.82, 2.24) is 4.57 Å². The van der Waals surface area contributed by atoms with Crippen molar-refractivity contribution in [3.05, 3.63) is 64.3 Å². The lowest BCUT2D eigenvalue weighted by Gasteiger charge is -2.10. The Balaban J connectivity index is 2.00. The summed E-state index contributed by atoms with van der Waals surface area (Å²) in [5.41, 5.74) is 3.08. The first kappa shape index (κ1) is 17.0. The van der Waals surface area contributed by atoms with Crippen molar-refractivity contribution in [3.63, 3.8) is 0 Å². The molecule has 1 N–H and O–H groups in total. The monoisotopic (exact) mass is 356 g/mol. The van der Waals surface area contributed by atoms with E-state index in [2.05, 4.69) is 5.32 Å². The van der Waals surface area contributed by atoms with Gasteiger partial charge in [-0.05, 0) is 36.8 Å². The maximum Gasteiger partial charge on any atom is 0.337 e. The summed E-state index contributed by atoms with van der Waals surface area (Å²) in [5.74, 6) is -0.784. The molecule has 2 aromatic carbocycles. The maximum absolute atomic E-state index is 12.8. The standard InChI is InChI=1S/C19H17ClN2O3/c1-11-13-6-4-5-7-16(13)22(2)17(11)18(23)21-15-10-12(19(24)25-3)8-9-14(15)20/h4-10H,1-3H3,(H,21,23). The maximum atomic E-state index is 12.8.